The van der Waals surface area contributed by atoms with E-state index in [0.717, 1.165) is 11.3 Å². The van der Waals surface area contributed by atoms with Crippen molar-refractivity contribution in [1.82, 2.24) is 4.98 Å². The normalized spacial score (nSPS) is 15.2. The van der Waals surface area contributed by atoms with Gasteiger partial charge in [-0.15, -0.1) is 11.3 Å². The standard InChI is InChI=1S/C15H16N2OS/c16-15-17-13(9-19-15)8-14(18)12-6-4-11(5-7-12)10-2-1-3-10/h4-7,9-10H,1-3,8H2,(H2,16,17). The first kappa shape index (κ1) is 12.4. The molecule has 1 aliphatic rings. The smallest absolute Gasteiger partial charge is 0.180 e. The summed E-state index contributed by atoms with van der Waals surface area (Å²) >= 11 is 1.37. The molecule has 1 fully saturated rings. The maximum absolute atomic E-state index is 12.1. The Kier molecular flexibility index (Phi) is 3.34. The molecular weight excluding hydrogens is 256 g/mol. The van der Waals surface area contributed by atoms with Gasteiger partial charge < -0.3 is 5.73 Å². The van der Waals surface area contributed by atoms with Crippen molar-refractivity contribution in [3.63, 3.8) is 0 Å². The fraction of sp³-hybridized carbons (Fsp3) is 0.333. The van der Waals surface area contributed by atoms with E-state index in [0.29, 0.717) is 17.5 Å². The molecule has 1 heterocycles. The van der Waals surface area contributed by atoms with E-state index >= 15 is 0 Å². The molecule has 3 rings (SSSR count). The molecule has 0 amide bonds. The fourth-order valence-electron chi connectivity index (χ4n) is 2.35. The van der Waals surface area contributed by atoms with E-state index < -0.39 is 0 Å². The maximum atomic E-state index is 12.1. The third-order valence-corrected chi connectivity index (χ3v) is 4.44. The number of carbonyl (C=O) groups is 1. The topological polar surface area (TPSA) is 56.0 Å². The lowest BCUT2D eigenvalue weighted by Gasteiger charge is -2.25. The van der Waals surface area contributed by atoms with Gasteiger partial charge in [0.05, 0.1) is 12.1 Å². The lowest BCUT2D eigenvalue weighted by atomic mass is 9.80. The van der Waals surface area contributed by atoms with E-state index in [9.17, 15) is 4.79 Å². The van der Waals surface area contributed by atoms with Crippen LogP contribution in [-0.4, -0.2) is 10.8 Å². The molecule has 0 radical (unpaired) electrons. The van der Waals surface area contributed by atoms with Crippen molar-refractivity contribution in [3.05, 3.63) is 46.5 Å². The summed E-state index contributed by atoms with van der Waals surface area (Å²) in [4.78, 5) is 16.2. The van der Waals surface area contributed by atoms with Gasteiger partial charge in [0.15, 0.2) is 10.9 Å². The van der Waals surface area contributed by atoms with Crippen LogP contribution in [0.4, 0.5) is 5.13 Å². The van der Waals surface area contributed by atoms with E-state index in [-0.39, 0.29) is 5.78 Å². The first-order chi connectivity index (χ1) is 9.22. The summed E-state index contributed by atoms with van der Waals surface area (Å²) in [7, 11) is 0. The van der Waals surface area contributed by atoms with Gasteiger partial charge in [-0.25, -0.2) is 4.98 Å². The highest BCUT2D eigenvalue weighted by atomic mass is 32.1. The van der Waals surface area contributed by atoms with E-state index in [1.165, 1.54) is 36.2 Å². The summed E-state index contributed by atoms with van der Waals surface area (Å²) in [5.74, 6) is 0.813. The Balaban J connectivity index is 1.69. The van der Waals surface area contributed by atoms with Crippen LogP contribution in [0.25, 0.3) is 0 Å². The molecule has 98 valence electrons. The summed E-state index contributed by atoms with van der Waals surface area (Å²) < 4.78 is 0. The quantitative estimate of drug-likeness (QED) is 0.868. The summed E-state index contributed by atoms with van der Waals surface area (Å²) in [6, 6.07) is 8.05. The molecule has 0 atom stereocenters. The van der Waals surface area contributed by atoms with Crippen LogP contribution in [0.5, 0.6) is 0 Å². The average molecular weight is 272 g/mol. The minimum Gasteiger partial charge on any atom is -0.375 e. The molecule has 1 aliphatic carbocycles. The number of nitrogens with zero attached hydrogens (tertiary/aromatic N) is 1. The third kappa shape index (κ3) is 2.68. The van der Waals surface area contributed by atoms with Gasteiger partial charge >= 0.3 is 0 Å². The molecule has 3 nitrogen and oxygen atoms in total. The van der Waals surface area contributed by atoms with Crippen molar-refractivity contribution in [2.75, 3.05) is 5.73 Å². The minimum absolute atomic E-state index is 0.102. The summed E-state index contributed by atoms with van der Waals surface area (Å²) in [5.41, 5.74) is 8.44. The van der Waals surface area contributed by atoms with Crippen molar-refractivity contribution in [2.45, 2.75) is 31.6 Å². The first-order valence-corrected chi connectivity index (χ1v) is 7.43. The number of rotatable bonds is 4. The molecule has 1 aromatic carbocycles. The lowest BCUT2D eigenvalue weighted by Crippen LogP contribution is -2.09. The zero-order chi connectivity index (χ0) is 13.2. The van der Waals surface area contributed by atoms with Crippen molar-refractivity contribution in [2.24, 2.45) is 0 Å². The van der Waals surface area contributed by atoms with Crippen LogP contribution in [-0.2, 0) is 6.42 Å². The van der Waals surface area contributed by atoms with E-state index in [2.05, 4.69) is 17.1 Å². The second-order valence-electron chi connectivity index (χ2n) is 5.03. The Labute approximate surface area is 116 Å². The molecule has 0 unspecified atom stereocenters. The molecular formula is C15H16N2OS. The number of aromatic nitrogens is 1. The number of carbonyl (C=O) groups excluding carboxylic acids is 1. The van der Waals surface area contributed by atoms with Gasteiger partial charge in [0.2, 0.25) is 0 Å². The number of thiazole rings is 1. The van der Waals surface area contributed by atoms with E-state index in [1.807, 2.05) is 17.5 Å². The number of nitrogen functional groups attached to an aromatic ring is 1. The monoisotopic (exact) mass is 272 g/mol. The summed E-state index contributed by atoms with van der Waals surface area (Å²) in [5, 5.41) is 2.36. The van der Waals surface area contributed by atoms with Crippen LogP contribution in [0.3, 0.4) is 0 Å². The molecule has 19 heavy (non-hydrogen) atoms. The number of nitrogens with two attached hydrogens (primary N) is 1. The predicted molar refractivity (Wildman–Crippen MR) is 77.6 cm³/mol. The number of benzene rings is 1. The Bertz CT molecular complexity index is 584. The average Bonchev–Trinajstić information content (AvgIpc) is 2.73. The molecule has 4 heteroatoms. The second-order valence-corrected chi connectivity index (χ2v) is 5.92. The van der Waals surface area contributed by atoms with Crippen LogP contribution in [0.15, 0.2) is 29.6 Å². The summed E-state index contributed by atoms with van der Waals surface area (Å²) in [6.45, 7) is 0. The van der Waals surface area contributed by atoms with E-state index in [4.69, 9.17) is 5.73 Å². The summed E-state index contributed by atoms with van der Waals surface area (Å²) in [6.07, 6.45) is 4.23. The molecule has 0 spiro atoms. The maximum Gasteiger partial charge on any atom is 0.180 e. The molecule has 1 saturated carbocycles. The van der Waals surface area contributed by atoms with Gasteiger partial charge in [0.25, 0.3) is 0 Å². The Morgan fingerprint density at radius 1 is 1.32 bits per heavy atom. The molecule has 0 saturated heterocycles. The molecule has 0 bridgehead atoms. The molecule has 1 aromatic heterocycles. The first-order valence-electron chi connectivity index (χ1n) is 6.55. The highest BCUT2D eigenvalue weighted by Gasteiger charge is 2.19. The highest BCUT2D eigenvalue weighted by Crippen LogP contribution is 2.36. The van der Waals surface area contributed by atoms with Crippen LogP contribution in [0, 0.1) is 0 Å². The zero-order valence-corrected chi connectivity index (χ0v) is 11.5. The van der Waals surface area contributed by atoms with Crippen LogP contribution >= 0.6 is 11.3 Å². The van der Waals surface area contributed by atoms with Gasteiger partial charge in [-0.2, -0.15) is 0 Å². The van der Waals surface area contributed by atoms with Crippen molar-refractivity contribution >= 4 is 22.3 Å². The van der Waals surface area contributed by atoms with Gasteiger partial charge in [0.1, 0.15) is 0 Å². The van der Waals surface area contributed by atoms with Crippen LogP contribution in [0.2, 0.25) is 0 Å². The van der Waals surface area contributed by atoms with Crippen LogP contribution < -0.4 is 5.73 Å². The van der Waals surface area contributed by atoms with Gasteiger partial charge in [-0.1, -0.05) is 30.7 Å². The largest absolute Gasteiger partial charge is 0.375 e. The number of Topliss-reactive ketones (excluding diaryl/α,β-unsaturated/α-hetero) is 1. The number of anilines is 1. The van der Waals surface area contributed by atoms with Gasteiger partial charge in [-0.05, 0) is 24.3 Å². The lowest BCUT2D eigenvalue weighted by molar-refractivity contribution is 0.0992. The number of hydrogen-bond acceptors (Lipinski definition) is 4. The van der Waals surface area contributed by atoms with Gasteiger partial charge in [0, 0.05) is 10.9 Å². The SMILES string of the molecule is Nc1nc(CC(=O)c2ccc(C3CCC3)cc2)cs1. The fourth-order valence-corrected chi connectivity index (χ4v) is 2.92. The van der Waals surface area contributed by atoms with Crippen molar-refractivity contribution < 1.29 is 4.79 Å². The van der Waals surface area contributed by atoms with Gasteiger partial charge in [-0.3, -0.25) is 4.79 Å². The molecule has 2 N–H and O–H groups in total. The molecule has 0 aliphatic heterocycles. The number of hydrogen-bond donors (Lipinski definition) is 1. The number of ketones is 1. The van der Waals surface area contributed by atoms with Crippen molar-refractivity contribution in [3.8, 4) is 0 Å². The third-order valence-electron chi connectivity index (χ3n) is 3.72. The molecule has 2 aromatic rings. The van der Waals surface area contributed by atoms with E-state index in [1.54, 1.807) is 0 Å². The predicted octanol–water partition coefficient (Wildman–Crippen LogP) is 3.42. The second kappa shape index (κ2) is 5.13. The van der Waals surface area contributed by atoms with Crippen molar-refractivity contribution in [1.29, 1.82) is 0 Å². The Morgan fingerprint density at radius 2 is 2.05 bits per heavy atom. The highest BCUT2D eigenvalue weighted by molar-refractivity contribution is 7.13. The Morgan fingerprint density at radius 3 is 2.58 bits per heavy atom. The zero-order valence-electron chi connectivity index (χ0n) is 10.6. The minimum atomic E-state index is 0.102. The van der Waals surface area contributed by atoms with Crippen LogP contribution in [0.1, 0.15) is 46.8 Å². The Hall–Kier alpha value is -1.68.